The number of halogens is 3. The molecule has 5 rings (SSSR count). The summed E-state index contributed by atoms with van der Waals surface area (Å²) in [6.07, 6.45) is -2.65. The van der Waals surface area contributed by atoms with Gasteiger partial charge < -0.3 is 25.0 Å². The van der Waals surface area contributed by atoms with Crippen molar-refractivity contribution in [2.24, 2.45) is 7.05 Å². The van der Waals surface area contributed by atoms with E-state index in [9.17, 15) is 23.1 Å². The Morgan fingerprint density at radius 1 is 1.13 bits per heavy atom. The molecular weight excluding hydrogens is 501 g/mol. The Bertz CT molecular complexity index is 1470. The summed E-state index contributed by atoms with van der Waals surface area (Å²) in [5.74, 6) is 1.52. The molecule has 1 amide bonds. The number of aryl methyl sites for hydroxylation is 1. The number of rotatable bonds is 6. The molecule has 2 aromatic carbocycles. The molecule has 38 heavy (non-hydrogen) atoms. The first-order valence-corrected chi connectivity index (χ1v) is 12.0. The average molecular weight is 527 g/mol. The number of fused-ring (bicyclic) bond motifs is 1. The lowest BCUT2D eigenvalue weighted by atomic mass is 10.1. The van der Waals surface area contributed by atoms with Gasteiger partial charge in [-0.1, -0.05) is 6.07 Å². The topological polar surface area (TPSA) is 105 Å². The standard InChI is InChI=1S/C26H25F3N6O3/c1-34-22-6-5-19(14-21(22)33-24(34)32-17-4-2-3-16(13-17)26(27,28)29)38-20-9-12-31-23(15-20)35(25(36)37)18-7-10-30-11-8-18/h2-6,9,12-15,18,30H,7-8,10-11H2,1H3,(H,32,33)(H,36,37). The molecule has 12 heteroatoms. The summed E-state index contributed by atoms with van der Waals surface area (Å²) < 4.78 is 47.0. The smallest absolute Gasteiger partial charge is 0.416 e. The Morgan fingerprint density at radius 2 is 1.89 bits per heavy atom. The van der Waals surface area contributed by atoms with E-state index in [0.29, 0.717) is 35.8 Å². The van der Waals surface area contributed by atoms with E-state index < -0.39 is 17.8 Å². The lowest BCUT2D eigenvalue weighted by molar-refractivity contribution is -0.137. The van der Waals surface area contributed by atoms with Crippen LogP contribution in [0.4, 0.5) is 35.4 Å². The predicted octanol–water partition coefficient (Wildman–Crippen LogP) is 5.76. The van der Waals surface area contributed by atoms with Gasteiger partial charge >= 0.3 is 12.3 Å². The van der Waals surface area contributed by atoms with Crippen molar-refractivity contribution >= 4 is 34.6 Å². The number of alkyl halides is 3. The van der Waals surface area contributed by atoms with Gasteiger partial charge in [-0.05, 0) is 62.3 Å². The fraction of sp³-hybridized carbons (Fsp3) is 0.269. The molecule has 3 N–H and O–H groups in total. The van der Waals surface area contributed by atoms with Crippen molar-refractivity contribution in [1.82, 2.24) is 19.9 Å². The van der Waals surface area contributed by atoms with Gasteiger partial charge in [0, 0.05) is 37.1 Å². The highest BCUT2D eigenvalue weighted by Crippen LogP contribution is 2.33. The molecule has 4 aromatic rings. The van der Waals surface area contributed by atoms with E-state index in [2.05, 4.69) is 20.6 Å². The van der Waals surface area contributed by atoms with Crippen LogP contribution in [-0.4, -0.2) is 44.9 Å². The van der Waals surface area contributed by atoms with E-state index in [1.54, 1.807) is 41.9 Å². The van der Waals surface area contributed by atoms with Crippen LogP contribution in [0.3, 0.4) is 0 Å². The fourth-order valence-corrected chi connectivity index (χ4v) is 4.49. The van der Waals surface area contributed by atoms with Crippen LogP contribution in [0.1, 0.15) is 18.4 Å². The fourth-order valence-electron chi connectivity index (χ4n) is 4.49. The van der Waals surface area contributed by atoms with Crippen LogP contribution < -0.4 is 20.3 Å². The Hall–Kier alpha value is -4.32. The zero-order chi connectivity index (χ0) is 26.9. The van der Waals surface area contributed by atoms with Crippen LogP contribution in [-0.2, 0) is 13.2 Å². The number of hydrogen-bond acceptors (Lipinski definition) is 6. The third-order valence-electron chi connectivity index (χ3n) is 6.38. The highest BCUT2D eigenvalue weighted by Gasteiger charge is 2.30. The number of hydrogen-bond donors (Lipinski definition) is 3. The first-order chi connectivity index (χ1) is 18.2. The van der Waals surface area contributed by atoms with Crippen LogP contribution in [0, 0.1) is 0 Å². The highest BCUT2D eigenvalue weighted by molar-refractivity contribution is 5.86. The second-order valence-electron chi connectivity index (χ2n) is 8.93. The lowest BCUT2D eigenvalue weighted by Gasteiger charge is -2.31. The number of imidazole rings is 1. The summed E-state index contributed by atoms with van der Waals surface area (Å²) in [6.45, 7) is 1.47. The molecule has 0 aliphatic carbocycles. The van der Waals surface area contributed by atoms with E-state index in [0.717, 1.165) is 30.7 Å². The number of carbonyl (C=O) groups is 1. The number of nitrogens with zero attached hydrogens (tertiary/aromatic N) is 4. The summed E-state index contributed by atoms with van der Waals surface area (Å²) in [5.41, 5.74) is 0.812. The molecule has 0 unspecified atom stereocenters. The van der Waals surface area contributed by atoms with E-state index in [4.69, 9.17) is 4.74 Å². The summed E-state index contributed by atoms with van der Waals surface area (Å²) >= 11 is 0. The minimum Gasteiger partial charge on any atom is -0.465 e. The van der Waals surface area contributed by atoms with Crippen LogP contribution in [0.5, 0.6) is 11.5 Å². The van der Waals surface area contributed by atoms with Crippen molar-refractivity contribution in [3.8, 4) is 11.5 Å². The molecular formula is C26H25F3N6O3. The zero-order valence-electron chi connectivity index (χ0n) is 20.4. The van der Waals surface area contributed by atoms with Gasteiger partial charge in [-0.3, -0.25) is 4.90 Å². The van der Waals surface area contributed by atoms with Gasteiger partial charge in [0.25, 0.3) is 0 Å². The van der Waals surface area contributed by atoms with E-state index in [-0.39, 0.29) is 17.5 Å². The third-order valence-corrected chi connectivity index (χ3v) is 6.38. The molecule has 1 aliphatic rings. The number of carboxylic acid groups (broad SMARTS) is 1. The van der Waals surface area contributed by atoms with Crippen molar-refractivity contribution < 1.29 is 27.8 Å². The Labute approximate surface area is 215 Å². The van der Waals surface area contributed by atoms with Gasteiger partial charge in [0.1, 0.15) is 17.3 Å². The van der Waals surface area contributed by atoms with Gasteiger partial charge in [0.05, 0.1) is 16.6 Å². The normalized spacial score (nSPS) is 14.4. The van der Waals surface area contributed by atoms with Gasteiger partial charge in [-0.25, -0.2) is 14.8 Å². The van der Waals surface area contributed by atoms with Crippen LogP contribution in [0.15, 0.2) is 60.8 Å². The van der Waals surface area contributed by atoms with Crippen LogP contribution in [0.25, 0.3) is 11.0 Å². The lowest BCUT2D eigenvalue weighted by Crippen LogP contribution is -2.46. The SMILES string of the molecule is Cn1c(Nc2cccc(C(F)(F)F)c2)nc2cc(Oc3ccnc(N(C(=O)O)C4CCNCC4)c3)ccc21. The van der Waals surface area contributed by atoms with Gasteiger partial charge in [0.15, 0.2) is 0 Å². The van der Waals surface area contributed by atoms with E-state index in [1.807, 2.05) is 0 Å². The maximum atomic E-state index is 13.1. The first kappa shape index (κ1) is 25.3. The average Bonchev–Trinajstić information content (AvgIpc) is 3.18. The van der Waals surface area contributed by atoms with Crippen molar-refractivity contribution in [3.05, 3.63) is 66.4 Å². The molecule has 0 radical (unpaired) electrons. The van der Waals surface area contributed by atoms with E-state index in [1.165, 1.54) is 23.2 Å². The van der Waals surface area contributed by atoms with Crippen molar-refractivity contribution in [1.29, 1.82) is 0 Å². The molecule has 0 bridgehead atoms. The predicted molar refractivity (Wildman–Crippen MR) is 136 cm³/mol. The molecule has 9 nitrogen and oxygen atoms in total. The molecule has 0 saturated carbocycles. The maximum Gasteiger partial charge on any atom is 0.416 e. The maximum absolute atomic E-state index is 13.1. The van der Waals surface area contributed by atoms with Crippen molar-refractivity contribution in [2.75, 3.05) is 23.3 Å². The van der Waals surface area contributed by atoms with Crippen LogP contribution in [0.2, 0.25) is 0 Å². The summed E-state index contributed by atoms with van der Waals surface area (Å²) in [5, 5.41) is 16.0. The molecule has 198 valence electrons. The monoisotopic (exact) mass is 526 g/mol. The number of aromatic nitrogens is 3. The zero-order valence-corrected chi connectivity index (χ0v) is 20.4. The number of anilines is 3. The Kier molecular flexibility index (Phi) is 6.81. The largest absolute Gasteiger partial charge is 0.465 e. The number of ether oxygens (including phenoxy) is 1. The highest BCUT2D eigenvalue weighted by atomic mass is 19.4. The summed E-state index contributed by atoms with van der Waals surface area (Å²) in [6, 6.07) is 13.2. The number of nitrogens with one attached hydrogen (secondary N) is 2. The molecule has 0 spiro atoms. The molecule has 2 aromatic heterocycles. The molecule has 1 aliphatic heterocycles. The summed E-state index contributed by atoms with van der Waals surface area (Å²) in [7, 11) is 1.75. The number of benzene rings is 2. The number of piperidine rings is 1. The van der Waals surface area contributed by atoms with Crippen molar-refractivity contribution in [3.63, 3.8) is 0 Å². The quantitative estimate of drug-likeness (QED) is 0.293. The number of pyridine rings is 1. The second-order valence-corrected chi connectivity index (χ2v) is 8.93. The molecule has 3 heterocycles. The summed E-state index contributed by atoms with van der Waals surface area (Å²) in [4.78, 5) is 22.1. The van der Waals surface area contributed by atoms with Crippen LogP contribution >= 0.6 is 0 Å². The second kappa shape index (κ2) is 10.2. The van der Waals surface area contributed by atoms with Gasteiger partial charge in [-0.2, -0.15) is 13.2 Å². The minimum absolute atomic E-state index is 0.177. The molecule has 1 saturated heterocycles. The Morgan fingerprint density at radius 3 is 2.63 bits per heavy atom. The first-order valence-electron chi connectivity index (χ1n) is 12.0. The molecule has 1 fully saturated rings. The third kappa shape index (κ3) is 5.35. The number of amides is 1. The van der Waals surface area contributed by atoms with Gasteiger partial charge in [-0.15, -0.1) is 0 Å². The Balaban J connectivity index is 1.37. The van der Waals surface area contributed by atoms with Crippen molar-refractivity contribution in [2.45, 2.75) is 25.1 Å². The minimum atomic E-state index is -4.45. The molecule has 0 atom stereocenters. The van der Waals surface area contributed by atoms with E-state index >= 15 is 0 Å². The van der Waals surface area contributed by atoms with Gasteiger partial charge in [0.2, 0.25) is 5.95 Å².